The molecule has 0 bridgehead atoms. The van der Waals surface area contributed by atoms with Crippen LogP contribution in [0.25, 0.3) is 22.5 Å². The lowest BCUT2D eigenvalue weighted by Crippen LogP contribution is -2.11. The predicted molar refractivity (Wildman–Crippen MR) is 127 cm³/mol. The van der Waals surface area contributed by atoms with E-state index >= 15 is 0 Å². The predicted octanol–water partition coefficient (Wildman–Crippen LogP) is 5.94. The van der Waals surface area contributed by atoms with Gasteiger partial charge in [0.1, 0.15) is 6.33 Å². The van der Waals surface area contributed by atoms with E-state index in [0.717, 1.165) is 22.5 Å². The summed E-state index contributed by atoms with van der Waals surface area (Å²) in [4.78, 5) is 31.7. The minimum atomic E-state index is -0.306. The largest absolute Gasteiger partial charge is 0.329 e. The fraction of sp³-hybridized carbons (Fsp3) is 0. The molecule has 0 unspecified atom stereocenters. The van der Waals surface area contributed by atoms with Crippen molar-refractivity contribution in [3.05, 3.63) is 94.7 Å². The van der Waals surface area contributed by atoms with Crippen LogP contribution in [0, 0.1) is 0 Å². The van der Waals surface area contributed by atoms with Gasteiger partial charge < -0.3 is 10.6 Å². The van der Waals surface area contributed by atoms with E-state index in [4.69, 9.17) is 23.2 Å². The molecule has 0 radical (unpaired) electrons. The number of hydrogen-bond acceptors (Lipinski definition) is 4. The molecule has 0 aliphatic carbocycles. The average Bonchev–Trinajstić information content (AvgIpc) is 2.80. The van der Waals surface area contributed by atoms with Crippen LogP contribution in [0.3, 0.4) is 0 Å². The number of nitrogens with zero attached hydrogens (tertiary/aromatic N) is 2. The second-order valence-electron chi connectivity index (χ2n) is 6.82. The molecule has 0 spiro atoms. The van der Waals surface area contributed by atoms with Crippen LogP contribution in [0.1, 0.15) is 10.4 Å². The number of rotatable bonds is 6. The van der Waals surface area contributed by atoms with Crippen LogP contribution in [-0.2, 0) is 4.79 Å². The molecule has 2 N–H and O–H groups in total. The Morgan fingerprint density at radius 2 is 1.28 bits per heavy atom. The smallest absolute Gasteiger partial charge is 0.255 e. The van der Waals surface area contributed by atoms with Gasteiger partial charge in [-0.3, -0.25) is 9.59 Å². The van der Waals surface area contributed by atoms with Crippen molar-refractivity contribution in [3.8, 4) is 22.5 Å². The van der Waals surface area contributed by atoms with Gasteiger partial charge >= 0.3 is 0 Å². The number of aromatic nitrogens is 2. The van der Waals surface area contributed by atoms with Crippen molar-refractivity contribution in [2.45, 2.75) is 0 Å². The van der Waals surface area contributed by atoms with Gasteiger partial charge in [-0.05, 0) is 48.5 Å². The first-order valence-corrected chi connectivity index (χ1v) is 10.3. The van der Waals surface area contributed by atoms with Crippen LogP contribution in [0.15, 0.2) is 79.1 Å². The number of amides is 2. The van der Waals surface area contributed by atoms with Gasteiger partial charge in [0.2, 0.25) is 6.41 Å². The van der Waals surface area contributed by atoms with Crippen molar-refractivity contribution in [2.24, 2.45) is 0 Å². The highest BCUT2D eigenvalue weighted by molar-refractivity contribution is 6.35. The Balaban J connectivity index is 1.51. The zero-order chi connectivity index (χ0) is 22.5. The summed E-state index contributed by atoms with van der Waals surface area (Å²) >= 11 is 11.9. The Morgan fingerprint density at radius 3 is 1.81 bits per heavy atom. The number of anilines is 2. The van der Waals surface area contributed by atoms with Gasteiger partial charge in [0.15, 0.2) is 0 Å². The quantitative estimate of drug-likeness (QED) is 0.347. The first kappa shape index (κ1) is 21.5. The average molecular weight is 463 g/mol. The molecule has 8 heteroatoms. The zero-order valence-corrected chi connectivity index (χ0v) is 18.1. The van der Waals surface area contributed by atoms with Crippen molar-refractivity contribution in [2.75, 3.05) is 10.6 Å². The highest BCUT2D eigenvalue weighted by Crippen LogP contribution is 2.25. The van der Waals surface area contributed by atoms with E-state index in [1.54, 1.807) is 42.5 Å². The molecule has 4 rings (SSSR count). The molecule has 2 amide bonds. The Hall–Kier alpha value is -3.74. The molecule has 0 saturated carbocycles. The Kier molecular flexibility index (Phi) is 6.44. The fourth-order valence-corrected chi connectivity index (χ4v) is 3.62. The van der Waals surface area contributed by atoms with E-state index in [-0.39, 0.29) is 5.91 Å². The Labute approximate surface area is 194 Å². The van der Waals surface area contributed by atoms with Gasteiger partial charge in [0, 0.05) is 38.1 Å². The second kappa shape index (κ2) is 9.60. The fourth-order valence-electron chi connectivity index (χ4n) is 3.09. The van der Waals surface area contributed by atoms with Crippen LogP contribution in [0.2, 0.25) is 10.0 Å². The third kappa shape index (κ3) is 5.11. The number of carbonyl (C=O) groups is 2. The van der Waals surface area contributed by atoms with Crippen molar-refractivity contribution in [3.63, 3.8) is 0 Å². The molecule has 0 atom stereocenters. The molecule has 0 aliphatic rings. The summed E-state index contributed by atoms with van der Waals surface area (Å²) in [6.07, 6.45) is 2.13. The van der Waals surface area contributed by atoms with E-state index in [9.17, 15) is 9.59 Å². The highest BCUT2D eigenvalue weighted by Gasteiger charge is 2.09. The number of nitrogens with one attached hydrogen (secondary N) is 2. The molecular weight excluding hydrogens is 447 g/mol. The van der Waals surface area contributed by atoms with E-state index in [0.29, 0.717) is 33.4 Å². The van der Waals surface area contributed by atoms with Gasteiger partial charge in [-0.1, -0.05) is 47.5 Å². The topological polar surface area (TPSA) is 84.0 Å². The van der Waals surface area contributed by atoms with Gasteiger partial charge in [-0.2, -0.15) is 0 Å². The molecule has 32 heavy (non-hydrogen) atoms. The number of halogens is 2. The minimum absolute atomic E-state index is 0.306. The monoisotopic (exact) mass is 462 g/mol. The standard InChI is InChI=1S/C24H16Cl2N4O2/c25-18-9-17(10-19(26)11-18)24(32)30-21-7-3-16(4-8-21)23-12-22(27-13-28-23)15-1-5-20(6-2-15)29-14-31/h1-14H,(H,29,31)(H,30,32). The number of benzene rings is 3. The third-order valence-electron chi connectivity index (χ3n) is 4.64. The van der Waals surface area contributed by atoms with Crippen LogP contribution in [0.4, 0.5) is 11.4 Å². The molecule has 0 fully saturated rings. The van der Waals surface area contributed by atoms with Crippen LogP contribution < -0.4 is 10.6 Å². The zero-order valence-electron chi connectivity index (χ0n) is 16.5. The van der Waals surface area contributed by atoms with Crippen LogP contribution in [-0.4, -0.2) is 22.3 Å². The summed E-state index contributed by atoms with van der Waals surface area (Å²) in [5, 5.41) is 6.22. The van der Waals surface area contributed by atoms with Gasteiger partial charge in [0.25, 0.3) is 5.91 Å². The lowest BCUT2D eigenvalue weighted by Gasteiger charge is -2.08. The normalized spacial score (nSPS) is 10.4. The molecule has 1 aromatic heterocycles. The first-order chi connectivity index (χ1) is 15.5. The summed E-state index contributed by atoms with van der Waals surface area (Å²) in [6, 6.07) is 21.2. The second-order valence-corrected chi connectivity index (χ2v) is 7.69. The lowest BCUT2D eigenvalue weighted by atomic mass is 10.1. The van der Waals surface area contributed by atoms with Crippen molar-refractivity contribution in [1.29, 1.82) is 0 Å². The minimum Gasteiger partial charge on any atom is -0.329 e. The summed E-state index contributed by atoms with van der Waals surface area (Å²) in [6.45, 7) is 0. The lowest BCUT2D eigenvalue weighted by molar-refractivity contribution is -0.105. The summed E-state index contributed by atoms with van der Waals surface area (Å²) in [7, 11) is 0. The maximum Gasteiger partial charge on any atom is 0.255 e. The number of hydrogen-bond donors (Lipinski definition) is 2. The van der Waals surface area contributed by atoms with Crippen molar-refractivity contribution in [1.82, 2.24) is 9.97 Å². The molecule has 3 aromatic carbocycles. The third-order valence-corrected chi connectivity index (χ3v) is 5.07. The van der Waals surface area contributed by atoms with Gasteiger partial charge in [0.05, 0.1) is 11.4 Å². The maximum absolute atomic E-state index is 12.5. The molecule has 4 aromatic rings. The maximum atomic E-state index is 12.5. The van der Waals surface area contributed by atoms with Crippen LogP contribution >= 0.6 is 23.2 Å². The van der Waals surface area contributed by atoms with Crippen molar-refractivity contribution < 1.29 is 9.59 Å². The van der Waals surface area contributed by atoms with Gasteiger partial charge in [-0.15, -0.1) is 0 Å². The van der Waals surface area contributed by atoms with Crippen molar-refractivity contribution >= 4 is 46.9 Å². The number of carbonyl (C=O) groups excluding carboxylic acids is 2. The Bertz CT molecular complexity index is 1260. The Morgan fingerprint density at radius 1 is 0.750 bits per heavy atom. The summed E-state index contributed by atoms with van der Waals surface area (Å²) in [5.41, 5.74) is 4.97. The van der Waals surface area contributed by atoms with E-state index in [1.165, 1.54) is 6.33 Å². The summed E-state index contributed by atoms with van der Waals surface area (Å²) in [5.74, 6) is -0.306. The van der Waals surface area contributed by atoms with E-state index in [2.05, 4.69) is 20.6 Å². The van der Waals surface area contributed by atoms with E-state index < -0.39 is 0 Å². The molecule has 158 valence electrons. The van der Waals surface area contributed by atoms with Gasteiger partial charge in [-0.25, -0.2) is 9.97 Å². The highest BCUT2D eigenvalue weighted by atomic mass is 35.5. The summed E-state index contributed by atoms with van der Waals surface area (Å²) < 4.78 is 0. The molecule has 6 nitrogen and oxygen atoms in total. The molecule has 1 heterocycles. The SMILES string of the molecule is O=CNc1ccc(-c2cc(-c3ccc(NC(=O)c4cc(Cl)cc(Cl)c4)cc3)ncn2)cc1. The molecular formula is C24H16Cl2N4O2. The van der Waals surface area contributed by atoms with Crippen LogP contribution in [0.5, 0.6) is 0 Å². The first-order valence-electron chi connectivity index (χ1n) is 9.52. The molecule has 0 aliphatic heterocycles. The van der Waals surface area contributed by atoms with E-state index in [1.807, 2.05) is 30.3 Å². The molecule has 0 saturated heterocycles.